The fourth-order valence-corrected chi connectivity index (χ4v) is 3.61. The van der Waals surface area contributed by atoms with Crippen LogP contribution in [0.4, 0.5) is 5.69 Å². The van der Waals surface area contributed by atoms with E-state index in [9.17, 15) is 4.79 Å². The van der Waals surface area contributed by atoms with Crippen molar-refractivity contribution < 1.29 is 28.6 Å². The molecule has 10 heteroatoms. The topological polar surface area (TPSA) is 134 Å². The number of morpholine rings is 1. The Bertz CT molecular complexity index is 903. The first-order valence-electron chi connectivity index (χ1n) is 9.74. The van der Waals surface area contributed by atoms with Gasteiger partial charge in [-0.15, -0.1) is 0 Å². The van der Waals surface area contributed by atoms with Crippen molar-refractivity contribution in [3.8, 4) is 0 Å². The lowest BCUT2D eigenvalue weighted by Crippen LogP contribution is -2.42. The first-order chi connectivity index (χ1) is 15.5. The lowest BCUT2D eigenvalue weighted by atomic mass is 9.96. The lowest BCUT2D eigenvalue weighted by Gasteiger charge is -2.29. The predicted octanol–water partition coefficient (Wildman–Crippen LogP) is 2.00. The minimum absolute atomic E-state index is 0.00779. The number of ether oxygens (including phenoxy) is 3. The minimum Gasteiger partial charge on any atom is -0.372 e. The number of anilines is 1. The highest BCUT2D eigenvalue weighted by Gasteiger charge is 2.32. The van der Waals surface area contributed by atoms with Crippen LogP contribution in [0.5, 0.6) is 0 Å². The van der Waals surface area contributed by atoms with Crippen LogP contribution in [-0.2, 0) is 28.6 Å². The van der Waals surface area contributed by atoms with Gasteiger partial charge in [-0.3, -0.25) is 14.4 Å². The zero-order valence-corrected chi connectivity index (χ0v) is 18.4. The van der Waals surface area contributed by atoms with Crippen LogP contribution in [0.25, 0.3) is 0 Å². The fourth-order valence-electron chi connectivity index (χ4n) is 3.49. The molecule has 0 aliphatic carbocycles. The molecule has 0 radical (unpaired) electrons. The van der Waals surface area contributed by atoms with Crippen LogP contribution >= 0.6 is 11.6 Å². The Hall–Kier alpha value is -2.98. The molecule has 4 rings (SSSR count). The third-order valence-corrected chi connectivity index (χ3v) is 5.05. The van der Waals surface area contributed by atoms with Crippen LogP contribution < -0.4 is 16.4 Å². The van der Waals surface area contributed by atoms with Gasteiger partial charge in [-0.25, -0.2) is 0 Å². The number of carbonyl (C=O) groups is 3. The summed E-state index contributed by atoms with van der Waals surface area (Å²) in [6.45, 7) is 3.54. The summed E-state index contributed by atoms with van der Waals surface area (Å²) < 4.78 is 16.9. The van der Waals surface area contributed by atoms with Crippen molar-refractivity contribution in [3.05, 3.63) is 64.2 Å². The Labute approximate surface area is 191 Å². The molecular weight excluding hydrogens is 438 g/mol. The number of hydrogen-bond donors (Lipinski definition) is 2. The highest BCUT2D eigenvalue weighted by Crippen LogP contribution is 2.41. The molecule has 2 saturated heterocycles. The summed E-state index contributed by atoms with van der Waals surface area (Å²) in [5.74, 6) is -0.00779. The van der Waals surface area contributed by atoms with E-state index in [1.54, 1.807) is 4.90 Å². The molecule has 32 heavy (non-hydrogen) atoms. The molecule has 2 fully saturated rings. The smallest absolute Gasteiger partial charge is 0.253 e. The summed E-state index contributed by atoms with van der Waals surface area (Å²) in [6, 6.07) is 13.7. The number of rotatable bonds is 3. The summed E-state index contributed by atoms with van der Waals surface area (Å²) >= 11 is 5.98. The van der Waals surface area contributed by atoms with Gasteiger partial charge in [-0.2, -0.15) is 0 Å². The average Bonchev–Trinajstić information content (AvgIpc) is 3.26. The number of nitrogens with two attached hydrogens (primary N) is 2. The molecule has 0 saturated carbocycles. The number of benzene rings is 2. The second kappa shape index (κ2) is 12.8. The van der Waals surface area contributed by atoms with E-state index in [-0.39, 0.29) is 44.3 Å². The third-order valence-electron chi connectivity index (χ3n) is 4.79. The van der Waals surface area contributed by atoms with Gasteiger partial charge in [0.15, 0.2) is 0 Å². The maximum absolute atomic E-state index is 12.1. The number of aryl methyl sites for hydroxylation is 1. The van der Waals surface area contributed by atoms with E-state index in [1.807, 2.05) is 43.3 Å². The Morgan fingerprint density at radius 1 is 1.00 bits per heavy atom. The van der Waals surface area contributed by atoms with Crippen LogP contribution in [0.15, 0.2) is 42.5 Å². The van der Waals surface area contributed by atoms with E-state index in [0.717, 1.165) is 22.4 Å². The zero-order chi connectivity index (χ0) is 23.5. The highest BCUT2D eigenvalue weighted by atomic mass is 35.5. The molecular formula is C22H26ClN3O6. The van der Waals surface area contributed by atoms with Crippen LogP contribution in [0, 0.1) is 6.92 Å². The van der Waals surface area contributed by atoms with Crippen LogP contribution in [0.1, 0.15) is 28.9 Å². The van der Waals surface area contributed by atoms with E-state index in [4.69, 9.17) is 35.4 Å². The highest BCUT2D eigenvalue weighted by molar-refractivity contribution is 6.30. The van der Waals surface area contributed by atoms with E-state index >= 15 is 0 Å². The lowest BCUT2D eigenvalue weighted by molar-refractivity contribution is -0.125. The number of nitrogens with zero attached hydrogens (tertiary/aromatic N) is 1. The molecule has 2 unspecified atom stereocenters. The zero-order valence-electron chi connectivity index (χ0n) is 17.6. The molecule has 0 spiro atoms. The average molecular weight is 464 g/mol. The van der Waals surface area contributed by atoms with Gasteiger partial charge in [0.05, 0.1) is 6.61 Å². The standard InChI is InChI=1S/C20H20ClNO4.2CH3NO/c1-13-10-15(4-7-17(13)22-8-9-24-11-18(22)23)20-19(25-12-26-20)14-2-5-16(21)6-3-14;2*2-1-3/h2-7,10,19-20H,8-9,11-12H2,1H3;2*1H,(H2,2,3). The molecule has 2 aromatic rings. The van der Waals surface area contributed by atoms with E-state index in [2.05, 4.69) is 17.5 Å². The van der Waals surface area contributed by atoms with Gasteiger partial charge in [0.2, 0.25) is 12.8 Å². The quantitative estimate of drug-likeness (QED) is 0.668. The SMILES string of the molecule is Cc1cc(C2OCOC2c2ccc(Cl)cc2)ccc1N1CCOCC1=O.NC=O.NC=O. The number of hydrogen-bond acceptors (Lipinski definition) is 6. The maximum Gasteiger partial charge on any atom is 0.253 e. The van der Waals surface area contributed by atoms with Gasteiger partial charge < -0.3 is 30.6 Å². The summed E-state index contributed by atoms with van der Waals surface area (Å²) in [5.41, 5.74) is 12.3. The summed E-state index contributed by atoms with van der Waals surface area (Å²) in [6.07, 6.45) is 0.131. The van der Waals surface area contributed by atoms with Gasteiger partial charge >= 0.3 is 0 Å². The number of halogens is 1. The molecule has 2 heterocycles. The molecule has 9 nitrogen and oxygen atoms in total. The maximum atomic E-state index is 12.1. The molecule has 4 N–H and O–H groups in total. The molecule has 0 aromatic heterocycles. The summed E-state index contributed by atoms with van der Waals surface area (Å²) in [4.78, 5) is 31.0. The van der Waals surface area contributed by atoms with E-state index in [1.165, 1.54) is 0 Å². The van der Waals surface area contributed by atoms with Crippen molar-refractivity contribution in [1.82, 2.24) is 0 Å². The first-order valence-corrected chi connectivity index (χ1v) is 10.1. The Morgan fingerprint density at radius 3 is 2.12 bits per heavy atom. The van der Waals surface area contributed by atoms with Crippen LogP contribution in [0.2, 0.25) is 5.02 Å². The van der Waals surface area contributed by atoms with Crippen molar-refractivity contribution in [2.75, 3.05) is 31.5 Å². The van der Waals surface area contributed by atoms with E-state index in [0.29, 0.717) is 18.2 Å². The van der Waals surface area contributed by atoms with Gasteiger partial charge in [0, 0.05) is 17.3 Å². The van der Waals surface area contributed by atoms with Gasteiger partial charge in [-0.1, -0.05) is 35.9 Å². The monoisotopic (exact) mass is 463 g/mol. The van der Waals surface area contributed by atoms with Gasteiger partial charge in [0.25, 0.3) is 5.91 Å². The Morgan fingerprint density at radius 2 is 1.56 bits per heavy atom. The normalized spacial score (nSPS) is 19.8. The second-order valence-corrected chi connectivity index (χ2v) is 7.20. The molecule has 2 aliphatic rings. The van der Waals surface area contributed by atoms with E-state index < -0.39 is 0 Å². The molecule has 3 amide bonds. The molecule has 2 aliphatic heterocycles. The number of amides is 3. The van der Waals surface area contributed by atoms with Crippen molar-refractivity contribution in [2.45, 2.75) is 19.1 Å². The van der Waals surface area contributed by atoms with Crippen molar-refractivity contribution in [2.24, 2.45) is 11.5 Å². The van der Waals surface area contributed by atoms with Gasteiger partial charge in [-0.05, 0) is 41.8 Å². The van der Waals surface area contributed by atoms with Crippen LogP contribution in [-0.4, -0.2) is 45.3 Å². The van der Waals surface area contributed by atoms with Crippen molar-refractivity contribution in [1.29, 1.82) is 0 Å². The van der Waals surface area contributed by atoms with Crippen molar-refractivity contribution in [3.63, 3.8) is 0 Å². The van der Waals surface area contributed by atoms with Crippen molar-refractivity contribution >= 4 is 36.0 Å². The number of primary amides is 2. The first kappa shape index (κ1) is 25.3. The van der Waals surface area contributed by atoms with Gasteiger partial charge in [0.1, 0.15) is 25.6 Å². The molecule has 172 valence electrons. The second-order valence-electron chi connectivity index (χ2n) is 6.76. The largest absolute Gasteiger partial charge is 0.372 e. The number of carbonyl (C=O) groups excluding carboxylic acids is 3. The Kier molecular flexibility index (Phi) is 10.1. The molecule has 0 bridgehead atoms. The van der Waals surface area contributed by atoms with Crippen LogP contribution in [0.3, 0.4) is 0 Å². The predicted molar refractivity (Wildman–Crippen MR) is 119 cm³/mol. The Balaban J connectivity index is 0.000000547. The molecule has 2 aromatic carbocycles. The third kappa shape index (κ3) is 6.51. The summed E-state index contributed by atoms with van der Waals surface area (Å²) in [7, 11) is 0. The summed E-state index contributed by atoms with van der Waals surface area (Å²) in [5, 5.41) is 0.694. The minimum atomic E-state index is -0.190. The molecule has 2 atom stereocenters. The fraction of sp³-hybridized carbons (Fsp3) is 0.318.